The number of rotatable bonds is 7. The fraction of sp³-hybridized carbons (Fsp3) is 0.694. The van der Waals surface area contributed by atoms with E-state index in [0.29, 0.717) is 30.1 Å². The van der Waals surface area contributed by atoms with Gasteiger partial charge in [0.05, 0.1) is 24.3 Å². The summed E-state index contributed by atoms with van der Waals surface area (Å²) in [6.45, 7) is 15.2. The van der Waals surface area contributed by atoms with Crippen molar-refractivity contribution in [3.63, 3.8) is 0 Å². The Hall–Kier alpha value is -3.35. The molecule has 0 bridgehead atoms. The molecule has 4 aliphatic rings. The number of esters is 1. The molecule has 2 saturated carbocycles. The number of hydrogen-bond acceptors (Lipinski definition) is 6. The van der Waals surface area contributed by atoms with Crippen molar-refractivity contribution < 1.29 is 9.53 Å². The van der Waals surface area contributed by atoms with Crippen LogP contribution in [0.5, 0.6) is 0 Å². The van der Waals surface area contributed by atoms with Gasteiger partial charge in [0.25, 0.3) is 0 Å². The predicted molar refractivity (Wildman–Crippen MR) is 160 cm³/mol. The first-order chi connectivity index (χ1) is 19.8. The van der Waals surface area contributed by atoms with Crippen LogP contribution in [0.2, 0.25) is 0 Å². The minimum Gasteiger partial charge on any atom is -0.462 e. The van der Waals surface area contributed by atoms with E-state index >= 15 is 0 Å². The minimum atomic E-state index is -1.82. The molecular formula is C36H46N4O2. The molecule has 6 heteroatoms. The predicted octanol–water partition coefficient (Wildman–Crippen LogP) is 7.97. The molecule has 0 saturated heterocycles. The van der Waals surface area contributed by atoms with Crippen LogP contribution in [0.1, 0.15) is 93.4 Å². The third-order valence-corrected chi connectivity index (χ3v) is 11.8. The summed E-state index contributed by atoms with van der Waals surface area (Å²) in [6.07, 6.45) is 12.7. The fourth-order valence-electron chi connectivity index (χ4n) is 8.93. The van der Waals surface area contributed by atoms with Gasteiger partial charge in [0, 0.05) is 19.3 Å². The van der Waals surface area contributed by atoms with Crippen molar-refractivity contribution in [1.82, 2.24) is 0 Å². The van der Waals surface area contributed by atoms with Crippen LogP contribution >= 0.6 is 0 Å². The molecular weight excluding hydrogens is 520 g/mol. The Morgan fingerprint density at radius 2 is 1.64 bits per heavy atom. The van der Waals surface area contributed by atoms with Crippen LogP contribution in [0, 0.1) is 103 Å². The summed E-state index contributed by atoms with van der Waals surface area (Å²) < 4.78 is 5.63. The van der Waals surface area contributed by atoms with Gasteiger partial charge in [0.2, 0.25) is 0 Å². The van der Waals surface area contributed by atoms with Crippen molar-refractivity contribution in [2.24, 2.45) is 57.7 Å². The molecule has 0 heterocycles. The molecule has 0 N–H and O–H groups in total. The normalized spacial score (nSPS) is 33.8. The number of hydrogen-bond donors (Lipinski definition) is 0. The summed E-state index contributed by atoms with van der Waals surface area (Å²) in [4.78, 5) is 11.8. The van der Waals surface area contributed by atoms with E-state index in [1.165, 1.54) is 12.5 Å². The molecule has 2 fully saturated rings. The van der Waals surface area contributed by atoms with Crippen LogP contribution in [0.25, 0.3) is 0 Å². The zero-order chi connectivity index (χ0) is 31.0. The van der Waals surface area contributed by atoms with Gasteiger partial charge in [-0.05, 0) is 78.9 Å². The molecule has 6 nitrogen and oxygen atoms in total. The van der Waals surface area contributed by atoms with Crippen LogP contribution in [-0.2, 0) is 9.53 Å². The maximum Gasteiger partial charge on any atom is 0.302 e. The zero-order valence-corrected chi connectivity index (χ0v) is 26.4. The van der Waals surface area contributed by atoms with Gasteiger partial charge in [-0.3, -0.25) is 4.79 Å². The lowest BCUT2D eigenvalue weighted by atomic mass is 9.47. The molecule has 222 valence electrons. The lowest BCUT2D eigenvalue weighted by Crippen LogP contribution is -2.49. The van der Waals surface area contributed by atoms with E-state index in [1.54, 1.807) is 0 Å². The van der Waals surface area contributed by atoms with E-state index in [9.17, 15) is 25.8 Å². The number of nitriles is 4. The van der Waals surface area contributed by atoms with E-state index in [4.69, 9.17) is 4.74 Å². The molecule has 0 aliphatic heterocycles. The second-order valence-electron chi connectivity index (χ2n) is 14.3. The van der Waals surface area contributed by atoms with Crippen molar-refractivity contribution in [1.29, 1.82) is 21.0 Å². The number of carbonyl (C=O) groups is 1. The van der Waals surface area contributed by atoms with Crippen molar-refractivity contribution in [2.75, 3.05) is 0 Å². The lowest BCUT2D eigenvalue weighted by molar-refractivity contribution is -0.148. The standard InChI is InChI=1S/C36H46N4O2/c1-22(2)23(3)8-9-24(4)29-10-11-30-33-31(13-15-35(29,30)7)34(6)14-12-28(42-25(5)41)16-26(34)17-32(33)36(20-39,21-40)27(18-37)19-38/h8-9,17,22-24,27-29,31-32H,10-16H2,1-7H3. The van der Waals surface area contributed by atoms with Gasteiger partial charge >= 0.3 is 5.97 Å². The van der Waals surface area contributed by atoms with Gasteiger partial charge < -0.3 is 4.74 Å². The van der Waals surface area contributed by atoms with E-state index in [-0.39, 0.29) is 28.8 Å². The monoisotopic (exact) mass is 566 g/mol. The minimum absolute atomic E-state index is 0.0724. The Labute approximate surface area is 252 Å². The molecule has 0 radical (unpaired) electrons. The highest BCUT2D eigenvalue weighted by Gasteiger charge is 2.60. The van der Waals surface area contributed by atoms with Crippen LogP contribution in [0.4, 0.5) is 0 Å². The van der Waals surface area contributed by atoms with Gasteiger partial charge in [0.15, 0.2) is 11.3 Å². The average Bonchev–Trinajstić information content (AvgIpc) is 3.31. The molecule has 42 heavy (non-hydrogen) atoms. The summed E-state index contributed by atoms with van der Waals surface area (Å²) in [5.74, 6) is -0.315. The Kier molecular flexibility index (Phi) is 8.82. The molecule has 8 unspecified atom stereocenters. The van der Waals surface area contributed by atoms with E-state index in [1.807, 2.05) is 12.1 Å². The Bertz CT molecular complexity index is 1330. The largest absolute Gasteiger partial charge is 0.462 e. The van der Waals surface area contributed by atoms with Crippen molar-refractivity contribution in [3.05, 3.63) is 34.9 Å². The second kappa shape index (κ2) is 11.7. The van der Waals surface area contributed by atoms with Gasteiger partial charge in [-0.1, -0.05) is 76.5 Å². The van der Waals surface area contributed by atoms with Crippen molar-refractivity contribution in [3.8, 4) is 24.3 Å². The van der Waals surface area contributed by atoms with Crippen molar-refractivity contribution in [2.45, 2.75) is 99.5 Å². The molecule has 4 aliphatic carbocycles. The first-order valence-corrected chi connectivity index (χ1v) is 15.7. The summed E-state index contributed by atoms with van der Waals surface area (Å²) in [5, 5.41) is 41.2. The first kappa shape index (κ1) is 31.6. The Morgan fingerprint density at radius 1 is 1.00 bits per heavy atom. The lowest BCUT2D eigenvalue weighted by Gasteiger charge is -2.56. The summed E-state index contributed by atoms with van der Waals surface area (Å²) >= 11 is 0. The molecule has 8 atom stereocenters. The highest BCUT2D eigenvalue weighted by atomic mass is 16.5. The summed E-state index contributed by atoms with van der Waals surface area (Å²) in [7, 11) is 0. The number of nitrogens with zero attached hydrogens (tertiary/aromatic N) is 4. The summed E-state index contributed by atoms with van der Waals surface area (Å²) in [5.41, 5.74) is 1.53. The molecule has 0 aromatic heterocycles. The smallest absolute Gasteiger partial charge is 0.302 e. The van der Waals surface area contributed by atoms with Gasteiger partial charge in [-0.2, -0.15) is 21.0 Å². The van der Waals surface area contributed by atoms with Crippen LogP contribution in [0.15, 0.2) is 34.9 Å². The maximum atomic E-state index is 11.8. The van der Waals surface area contributed by atoms with E-state index < -0.39 is 17.3 Å². The van der Waals surface area contributed by atoms with Gasteiger partial charge in [-0.15, -0.1) is 0 Å². The fourth-order valence-corrected chi connectivity index (χ4v) is 8.93. The molecule has 0 aromatic carbocycles. The molecule has 0 spiro atoms. The maximum absolute atomic E-state index is 11.8. The van der Waals surface area contributed by atoms with Crippen LogP contribution in [-0.4, -0.2) is 12.1 Å². The summed E-state index contributed by atoms with van der Waals surface area (Å²) in [6, 6.07) is 8.42. The molecule has 4 rings (SSSR count). The van der Waals surface area contributed by atoms with Crippen LogP contribution in [0.3, 0.4) is 0 Å². The van der Waals surface area contributed by atoms with Crippen molar-refractivity contribution >= 4 is 5.97 Å². The van der Waals surface area contributed by atoms with Gasteiger partial charge in [0.1, 0.15) is 6.10 Å². The highest BCUT2D eigenvalue weighted by molar-refractivity contribution is 5.66. The Morgan fingerprint density at radius 3 is 2.21 bits per heavy atom. The molecule has 0 amide bonds. The van der Waals surface area contributed by atoms with E-state index in [0.717, 1.165) is 49.7 Å². The number of allylic oxidation sites excluding steroid dienone is 5. The number of carbonyl (C=O) groups excluding carboxylic acids is 1. The average molecular weight is 567 g/mol. The first-order valence-electron chi connectivity index (χ1n) is 15.7. The third kappa shape index (κ3) is 4.99. The quantitative estimate of drug-likeness (QED) is 0.227. The SMILES string of the molecule is CC(=O)OC1CCC2(C)C(=CC(C(C#N)(C#N)C(C#N)C#N)C3=C4CCC(C(C)C=CC(C)C(C)C)C4(C)CCC32)C1. The third-order valence-electron chi connectivity index (χ3n) is 11.8. The second-order valence-corrected chi connectivity index (χ2v) is 14.3. The zero-order valence-electron chi connectivity index (χ0n) is 26.4. The Balaban J connectivity index is 1.90. The molecule has 0 aromatic rings. The topological polar surface area (TPSA) is 121 Å². The number of ether oxygens (including phenoxy) is 1. The van der Waals surface area contributed by atoms with Gasteiger partial charge in [-0.25, -0.2) is 0 Å². The number of fused-ring (bicyclic) bond motifs is 4. The van der Waals surface area contributed by atoms with Crippen LogP contribution < -0.4 is 0 Å². The highest BCUT2D eigenvalue weighted by Crippen LogP contribution is 2.67. The van der Waals surface area contributed by atoms with E-state index in [2.05, 4.69) is 71.9 Å².